The molecule has 5 heteroatoms. The monoisotopic (exact) mass is 435 g/mol. The van der Waals surface area contributed by atoms with Crippen LogP contribution in [0.5, 0.6) is 0 Å². The van der Waals surface area contributed by atoms with Crippen LogP contribution in [-0.4, -0.2) is 0 Å². The normalized spacial score (nSPS) is 9.28. The summed E-state index contributed by atoms with van der Waals surface area (Å²) in [6.45, 7) is 2.23. The van der Waals surface area contributed by atoms with E-state index in [1.54, 1.807) is 18.2 Å². The molecule has 0 aliphatic carbocycles. The molecule has 0 spiro atoms. The van der Waals surface area contributed by atoms with E-state index in [1.807, 2.05) is 24.3 Å². The molecule has 0 fully saturated rings. The van der Waals surface area contributed by atoms with Gasteiger partial charge in [-0.3, -0.25) is 0 Å². The number of unbranched alkanes of at least 4 members (excludes halogenated alkanes) is 9. The SMILES string of the molecule is CCCCCCCCCCCCc1cc(=C(C#N)C#N)ccc1=C(C#N)C#N.[Cu]. The van der Waals surface area contributed by atoms with E-state index in [9.17, 15) is 10.5 Å². The second-order valence-corrected chi connectivity index (χ2v) is 7.00. The fourth-order valence-electron chi connectivity index (χ4n) is 3.30. The van der Waals surface area contributed by atoms with Gasteiger partial charge in [0.25, 0.3) is 0 Å². The van der Waals surface area contributed by atoms with Crippen LogP contribution < -0.4 is 10.4 Å². The van der Waals surface area contributed by atoms with Crippen molar-refractivity contribution in [2.45, 2.75) is 77.6 Å². The zero-order valence-electron chi connectivity index (χ0n) is 17.1. The van der Waals surface area contributed by atoms with Gasteiger partial charge in [0.05, 0.1) is 0 Å². The molecule has 0 amide bonds. The molecule has 1 aromatic carbocycles. The number of rotatable bonds is 11. The second-order valence-electron chi connectivity index (χ2n) is 7.00. The van der Waals surface area contributed by atoms with Gasteiger partial charge >= 0.3 is 0 Å². The third-order valence-corrected chi connectivity index (χ3v) is 4.91. The van der Waals surface area contributed by atoms with E-state index in [1.165, 1.54) is 51.4 Å². The molecule has 0 atom stereocenters. The van der Waals surface area contributed by atoms with Crippen LogP contribution in [-0.2, 0) is 23.5 Å². The van der Waals surface area contributed by atoms with Crippen molar-refractivity contribution in [3.8, 4) is 24.3 Å². The maximum absolute atomic E-state index is 9.20. The smallest absolute Gasteiger partial charge is 0.137 e. The number of aryl methyl sites for hydroxylation is 1. The van der Waals surface area contributed by atoms with Crippen LogP contribution in [0.15, 0.2) is 18.2 Å². The van der Waals surface area contributed by atoms with Crippen LogP contribution in [0.3, 0.4) is 0 Å². The molecule has 0 unspecified atom stereocenters. The van der Waals surface area contributed by atoms with E-state index in [4.69, 9.17) is 10.5 Å². The van der Waals surface area contributed by atoms with Gasteiger partial charge in [-0.05, 0) is 24.5 Å². The Balaban J connectivity index is 0.00000784. The summed E-state index contributed by atoms with van der Waals surface area (Å²) >= 11 is 0. The molecule has 1 rings (SSSR count). The predicted molar refractivity (Wildman–Crippen MR) is 111 cm³/mol. The van der Waals surface area contributed by atoms with Crippen molar-refractivity contribution in [3.05, 3.63) is 34.2 Å². The van der Waals surface area contributed by atoms with Crippen molar-refractivity contribution >= 4 is 11.1 Å². The van der Waals surface area contributed by atoms with Gasteiger partial charge in [0.15, 0.2) is 0 Å². The van der Waals surface area contributed by atoms with Crippen LogP contribution in [0.4, 0.5) is 0 Å². The zero-order chi connectivity index (χ0) is 20.6. The van der Waals surface area contributed by atoms with Crippen LogP contribution >= 0.6 is 0 Å². The van der Waals surface area contributed by atoms with Crippen molar-refractivity contribution in [1.82, 2.24) is 0 Å². The Morgan fingerprint density at radius 3 is 1.66 bits per heavy atom. The molecule has 4 nitrogen and oxygen atoms in total. The molecule has 0 N–H and O–H groups in total. The van der Waals surface area contributed by atoms with Gasteiger partial charge in [-0.15, -0.1) is 0 Å². The van der Waals surface area contributed by atoms with Gasteiger partial charge in [0.1, 0.15) is 35.4 Å². The zero-order valence-corrected chi connectivity index (χ0v) is 18.0. The molecule has 0 aliphatic rings. The molecule has 0 aliphatic heterocycles. The molecule has 29 heavy (non-hydrogen) atoms. The van der Waals surface area contributed by atoms with Crippen LogP contribution in [0.1, 0.15) is 76.7 Å². The van der Waals surface area contributed by atoms with Crippen molar-refractivity contribution in [2.24, 2.45) is 0 Å². The summed E-state index contributed by atoms with van der Waals surface area (Å²) in [7, 11) is 0. The Morgan fingerprint density at radius 2 is 1.17 bits per heavy atom. The van der Waals surface area contributed by atoms with E-state index >= 15 is 0 Å². The first-order chi connectivity index (χ1) is 13.7. The van der Waals surface area contributed by atoms with Crippen LogP contribution in [0.2, 0.25) is 0 Å². The summed E-state index contributed by atoms with van der Waals surface area (Å²) < 4.78 is 0. The van der Waals surface area contributed by atoms with Gasteiger partial charge < -0.3 is 0 Å². The van der Waals surface area contributed by atoms with E-state index in [2.05, 4.69) is 6.92 Å². The van der Waals surface area contributed by atoms with E-state index in [-0.39, 0.29) is 28.2 Å². The third kappa shape index (κ3) is 9.46. The van der Waals surface area contributed by atoms with Crippen molar-refractivity contribution in [2.75, 3.05) is 0 Å². The molecule has 1 aromatic rings. The van der Waals surface area contributed by atoms with Crippen LogP contribution in [0.25, 0.3) is 11.1 Å². The molecule has 0 saturated carbocycles. The number of nitrogens with zero attached hydrogens (tertiary/aromatic N) is 4. The summed E-state index contributed by atoms with van der Waals surface area (Å²) in [5.74, 6) is 0. The summed E-state index contributed by atoms with van der Waals surface area (Å²) in [6, 6.07) is 12.8. The molecule has 0 aromatic heterocycles. The molecule has 155 valence electrons. The first-order valence-electron chi connectivity index (χ1n) is 10.2. The molecular formula is C24H28CuN4. The van der Waals surface area contributed by atoms with Gasteiger partial charge in [0, 0.05) is 27.5 Å². The Labute approximate surface area is 185 Å². The van der Waals surface area contributed by atoms with Crippen LogP contribution in [0, 0.1) is 45.3 Å². The topological polar surface area (TPSA) is 95.2 Å². The van der Waals surface area contributed by atoms with Gasteiger partial charge in [-0.2, -0.15) is 21.0 Å². The fourth-order valence-corrected chi connectivity index (χ4v) is 3.30. The number of hydrogen-bond donors (Lipinski definition) is 0. The Bertz CT molecular complexity index is 888. The van der Waals surface area contributed by atoms with Gasteiger partial charge in [-0.1, -0.05) is 76.8 Å². The largest absolute Gasteiger partial charge is 0.192 e. The van der Waals surface area contributed by atoms with E-state index in [0.29, 0.717) is 10.4 Å². The Kier molecular flexibility index (Phi) is 15.0. The first kappa shape index (κ1) is 26.4. The predicted octanol–water partition coefficient (Wildman–Crippen LogP) is 4.54. The first-order valence-corrected chi connectivity index (χ1v) is 10.2. The minimum Gasteiger partial charge on any atom is -0.192 e. The quantitative estimate of drug-likeness (QED) is 0.376. The molecule has 0 saturated heterocycles. The third-order valence-electron chi connectivity index (χ3n) is 4.91. The summed E-state index contributed by atoms with van der Waals surface area (Å²) in [5.41, 5.74) is 0.980. The Hall–Kier alpha value is -2.56. The standard InChI is InChI=1S/C24H28N4.Cu/c1-2-3-4-5-6-7-8-9-10-11-12-21-15-20(22(16-25)17-26)13-14-24(21)23(18-27)19-28;/h13-15H,2-12H2,1H3;. The average Bonchev–Trinajstić information content (AvgIpc) is 2.72. The molecule has 1 radical (unpaired) electrons. The Morgan fingerprint density at radius 1 is 0.690 bits per heavy atom. The van der Waals surface area contributed by atoms with Gasteiger partial charge in [0.2, 0.25) is 0 Å². The molecule has 0 heterocycles. The molecule has 0 bridgehead atoms. The molecular weight excluding hydrogens is 408 g/mol. The van der Waals surface area contributed by atoms with Crippen molar-refractivity contribution in [1.29, 1.82) is 21.0 Å². The number of benzene rings is 1. The minimum atomic E-state index is 0. The number of nitriles is 4. The average molecular weight is 436 g/mol. The van der Waals surface area contributed by atoms with Gasteiger partial charge in [-0.25, -0.2) is 0 Å². The maximum atomic E-state index is 9.20. The summed E-state index contributed by atoms with van der Waals surface area (Å²) in [6.07, 6.45) is 13.1. The fraction of sp³-hybridized carbons (Fsp3) is 0.500. The van der Waals surface area contributed by atoms with Crippen molar-refractivity contribution < 1.29 is 17.1 Å². The van der Waals surface area contributed by atoms with E-state index in [0.717, 1.165) is 24.8 Å². The maximum Gasteiger partial charge on any atom is 0.137 e. The summed E-state index contributed by atoms with van der Waals surface area (Å²) in [4.78, 5) is 0. The second kappa shape index (κ2) is 16.4. The van der Waals surface area contributed by atoms with E-state index < -0.39 is 0 Å². The van der Waals surface area contributed by atoms with Crippen molar-refractivity contribution in [3.63, 3.8) is 0 Å². The summed E-state index contributed by atoms with van der Waals surface area (Å²) in [5, 5.41) is 37.7. The minimum absolute atomic E-state index is 0. The number of hydrogen-bond acceptors (Lipinski definition) is 4.